The Morgan fingerprint density at radius 3 is 2.18 bits per heavy atom. The minimum absolute atomic E-state index is 0.364. The van der Waals surface area contributed by atoms with Crippen LogP contribution < -0.4 is 10.6 Å². The minimum Gasteiger partial charge on any atom is -0.308 e. The highest BCUT2D eigenvalue weighted by Crippen LogP contribution is 2.20. The fraction of sp³-hybridized carbons (Fsp3) is 0. The van der Waals surface area contributed by atoms with Crippen LogP contribution in [0.2, 0.25) is 0 Å². The van der Waals surface area contributed by atoms with E-state index in [0.717, 1.165) is 11.1 Å². The Labute approximate surface area is 127 Å². The number of nitrogens with one attached hydrogen (secondary N) is 2. The Kier molecular flexibility index (Phi) is 4.01. The molecule has 2 aromatic heterocycles. The first kappa shape index (κ1) is 13.7. The van der Waals surface area contributed by atoms with Crippen LogP contribution in [0, 0.1) is 0 Å². The number of benzene rings is 1. The number of carbonyl (C=O) groups is 1. The van der Waals surface area contributed by atoms with Crippen molar-refractivity contribution in [2.75, 3.05) is 10.6 Å². The van der Waals surface area contributed by atoms with E-state index in [-0.39, 0.29) is 6.03 Å². The Bertz CT molecular complexity index is 745. The highest BCUT2D eigenvalue weighted by Gasteiger charge is 2.04. The van der Waals surface area contributed by atoms with E-state index in [4.69, 9.17) is 0 Å². The maximum absolute atomic E-state index is 11.8. The summed E-state index contributed by atoms with van der Waals surface area (Å²) in [7, 11) is 0. The number of aromatic nitrogens is 3. The number of urea groups is 1. The molecule has 0 unspecified atom stereocenters. The summed E-state index contributed by atoms with van der Waals surface area (Å²) in [5.41, 5.74) is 2.83. The molecule has 0 saturated carbocycles. The molecule has 2 heterocycles. The van der Waals surface area contributed by atoms with Gasteiger partial charge in [0, 0.05) is 30.5 Å². The van der Waals surface area contributed by atoms with E-state index >= 15 is 0 Å². The molecule has 2 amide bonds. The van der Waals surface area contributed by atoms with Crippen LogP contribution in [0.4, 0.5) is 16.3 Å². The molecule has 6 heteroatoms. The maximum Gasteiger partial charge on any atom is 0.324 e. The van der Waals surface area contributed by atoms with E-state index in [2.05, 4.69) is 25.6 Å². The van der Waals surface area contributed by atoms with Crippen LogP contribution in [0.25, 0.3) is 11.1 Å². The van der Waals surface area contributed by atoms with E-state index in [1.54, 1.807) is 18.6 Å². The topological polar surface area (TPSA) is 79.8 Å². The van der Waals surface area contributed by atoms with Crippen LogP contribution >= 0.6 is 0 Å². The molecule has 0 spiro atoms. The Morgan fingerprint density at radius 2 is 1.50 bits per heavy atom. The summed E-state index contributed by atoms with van der Waals surface area (Å²) in [5, 5.41) is 5.34. The Balaban J connectivity index is 1.65. The lowest BCUT2D eigenvalue weighted by Gasteiger charge is -2.07. The molecule has 3 aromatic rings. The van der Waals surface area contributed by atoms with Gasteiger partial charge in [-0.25, -0.2) is 9.78 Å². The number of hydrogen-bond acceptors (Lipinski definition) is 4. The van der Waals surface area contributed by atoms with Gasteiger partial charge in [-0.3, -0.25) is 15.3 Å². The molecule has 0 atom stereocenters. The lowest BCUT2D eigenvalue weighted by atomic mass is 10.1. The van der Waals surface area contributed by atoms with Gasteiger partial charge in [0.2, 0.25) is 0 Å². The van der Waals surface area contributed by atoms with Crippen molar-refractivity contribution in [1.29, 1.82) is 0 Å². The average molecular weight is 291 g/mol. The van der Waals surface area contributed by atoms with E-state index in [1.165, 1.54) is 12.4 Å². The van der Waals surface area contributed by atoms with Crippen molar-refractivity contribution in [1.82, 2.24) is 15.0 Å². The Hall–Kier alpha value is -3.28. The third kappa shape index (κ3) is 3.43. The first-order chi connectivity index (χ1) is 10.8. The van der Waals surface area contributed by atoms with Crippen molar-refractivity contribution in [2.45, 2.75) is 0 Å². The fourth-order valence-corrected chi connectivity index (χ4v) is 1.93. The number of pyridine rings is 1. The zero-order valence-corrected chi connectivity index (χ0v) is 11.6. The molecule has 0 aliphatic heterocycles. The predicted molar refractivity (Wildman–Crippen MR) is 84.3 cm³/mol. The minimum atomic E-state index is -0.364. The Morgan fingerprint density at radius 1 is 0.773 bits per heavy atom. The van der Waals surface area contributed by atoms with E-state index in [1.807, 2.05) is 36.4 Å². The number of rotatable bonds is 3. The zero-order valence-electron chi connectivity index (χ0n) is 11.6. The average Bonchev–Trinajstić information content (AvgIpc) is 2.57. The molecule has 22 heavy (non-hydrogen) atoms. The molecule has 0 fully saturated rings. The van der Waals surface area contributed by atoms with Gasteiger partial charge >= 0.3 is 6.03 Å². The van der Waals surface area contributed by atoms with Gasteiger partial charge in [0.1, 0.15) is 0 Å². The van der Waals surface area contributed by atoms with Gasteiger partial charge in [0.05, 0.1) is 6.20 Å². The number of carbonyl (C=O) groups excluding carboxylic acids is 1. The van der Waals surface area contributed by atoms with Crippen LogP contribution in [0.1, 0.15) is 0 Å². The van der Waals surface area contributed by atoms with E-state index < -0.39 is 0 Å². The third-order valence-electron chi connectivity index (χ3n) is 2.96. The third-order valence-corrected chi connectivity index (χ3v) is 2.96. The van der Waals surface area contributed by atoms with Crippen LogP contribution in [-0.4, -0.2) is 21.0 Å². The molecule has 6 nitrogen and oxygen atoms in total. The van der Waals surface area contributed by atoms with Crippen molar-refractivity contribution in [3.63, 3.8) is 0 Å². The molecule has 0 aliphatic rings. The maximum atomic E-state index is 11.8. The van der Waals surface area contributed by atoms with Crippen LogP contribution in [-0.2, 0) is 0 Å². The molecular formula is C16H13N5O. The largest absolute Gasteiger partial charge is 0.324 e. The molecule has 0 saturated heterocycles. The lowest BCUT2D eigenvalue weighted by Crippen LogP contribution is -2.20. The first-order valence-electron chi connectivity index (χ1n) is 6.66. The van der Waals surface area contributed by atoms with Crippen molar-refractivity contribution in [3.05, 3.63) is 67.4 Å². The van der Waals surface area contributed by atoms with Crippen molar-refractivity contribution in [3.8, 4) is 11.1 Å². The molecule has 1 aromatic carbocycles. The molecule has 0 radical (unpaired) electrons. The lowest BCUT2D eigenvalue weighted by molar-refractivity contribution is 0.262. The summed E-state index contributed by atoms with van der Waals surface area (Å²) in [5.74, 6) is 0.397. The number of amides is 2. The summed E-state index contributed by atoms with van der Waals surface area (Å²) in [4.78, 5) is 23.7. The van der Waals surface area contributed by atoms with E-state index in [0.29, 0.717) is 11.5 Å². The predicted octanol–water partition coefficient (Wildman–Crippen LogP) is 3.18. The van der Waals surface area contributed by atoms with Gasteiger partial charge in [-0.1, -0.05) is 12.1 Å². The SMILES string of the molecule is O=C(Nc1ccc(-c2ccncc2)cc1)Nc1cnccn1. The van der Waals surface area contributed by atoms with Gasteiger partial charge < -0.3 is 5.32 Å². The molecule has 108 valence electrons. The molecule has 3 rings (SSSR count). The first-order valence-corrected chi connectivity index (χ1v) is 6.66. The molecular weight excluding hydrogens is 278 g/mol. The summed E-state index contributed by atoms with van der Waals surface area (Å²) in [6.45, 7) is 0. The summed E-state index contributed by atoms with van der Waals surface area (Å²) < 4.78 is 0. The second-order valence-corrected chi connectivity index (χ2v) is 4.48. The van der Waals surface area contributed by atoms with Crippen LogP contribution in [0.15, 0.2) is 67.4 Å². The second-order valence-electron chi connectivity index (χ2n) is 4.48. The van der Waals surface area contributed by atoms with Gasteiger partial charge in [0.15, 0.2) is 5.82 Å². The van der Waals surface area contributed by atoms with Crippen LogP contribution in [0.3, 0.4) is 0 Å². The van der Waals surface area contributed by atoms with E-state index in [9.17, 15) is 4.79 Å². The van der Waals surface area contributed by atoms with Gasteiger partial charge in [-0.15, -0.1) is 0 Å². The van der Waals surface area contributed by atoms with Crippen molar-refractivity contribution >= 4 is 17.5 Å². The van der Waals surface area contributed by atoms with Gasteiger partial charge in [0.25, 0.3) is 0 Å². The summed E-state index contributed by atoms with van der Waals surface area (Å²) >= 11 is 0. The zero-order chi connectivity index (χ0) is 15.2. The summed E-state index contributed by atoms with van der Waals surface area (Å²) in [6.07, 6.45) is 8.03. The van der Waals surface area contributed by atoms with Crippen molar-refractivity contribution < 1.29 is 4.79 Å². The number of anilines is 2. The number of nitrogens with zero attached hydrogens (tertiary/aromatic N) is 3. The smallest absolute Gasteiger partial charge is 0.308 e. The molecule has 2 N–H and O–H groups in total. The highest BCUT2D eigenvalue weighted by atomic mass is 16.2. The number of hydrogen-bond donors (Lipinski definition) is 2. The monoisotopic (exact) mass is 291 g/mol. The van der Waals surface area contributed by atoms with Crippen LogP contribution in [0.5, 0.6) is 0 Å². The van der Waals surface area contributed by atoms with Crippen molar-refractivity contribution in [2.24, 2.45) is 0 Å². The summed E-state index contributed by atoms with van der Waals surface area (Å²) in [6, 6.07) is 11.1. The quantitative estimate of drug-likeness (QED) is 0.776. The normalized spacial score (nSPS) is 10.0. The molecule has 0 aliphatic carbocycles. The van der Waals surface area contributed by atoms with Gasteiger partial charge in [-0.2, -0.15) is 0 Å². The fourth-order valence-electron chi connectivity index (χ4n) is 1.93. The van der Waals surface area contributed by atoms with Gasteiger partial charge in [-0.05, 0) is 35.4 Å². The highest BCUT2D eigenvalue weighted by molar-refractivity contribution is 5.99. The standard InChI is InChI=1S/C16H13N5O/c22-16(21-15-11-18-9-10-19-15)20-14-3-1-12(2-4-14)13-5-7-17-8-6-13/h1-11H,(H2,19,20,21,22). The molecule has 0 bridgehead atoms. The second kappa shape index (κ2) is 6.45.